The first-order valence-electron chi connectivity index (χ1n) is 8.58. The van der Waals surface area contributed by atoms with Gasteiger partial charge >= 0.3 is 0 Å². The van der Waals surface area contributed by atoms with Crippen molar-refractivity contribution in [1.29, 1.82) is 0 Å². The number of hydrogen-bond acceptors (Lipinski definition) is 5. The predicted molar refractivity (Wildman–Crippen MR) is 95.1 cm³/mol. The highest BCUT2D eigenvalue weighted by molar-refractivity contribution is 7.15. The van der Waals surface area contributed by atoms with Crippen molar-refractivity contribution in [2.45, 2.75) is 53.1 Å². The molecule has 1 aliphatic heterocycles. The number of nitrogens with zero attached hydrogens (tertiary/aromatic N) is 2. The second-order valence-corrected chi connectivity index (χ2v) is 7.83. The second kappa shape index (κ2) is 8.76. The minimum Gasteiger partial charge on any atom is -0.378 e. The Labute approximate surface area is 143 Å². The molecular weight excluding hydrogens is 310 g/mol. The van der Waals surface area contributed by atoms with Gasteiger partial charge in [-0.1, -0.05) is 20.8 Å². The van der Waals surface area contributed by atoms with E-state index in [1.54, 1.807) is 11.3 Å². The van der Waals surface area contributed by atoms with E-state index in [-0.39, 0.29) is 5.91 Å². The van der Waals surface area contributed by atoms with Gasteiger partial charge in [-0.3, -0.25) is 9.69 Å². The molecule has 1 saturated heterocycles. The molecule has 0 atom stereocenters. The van der Waals surface area contributed by atoms with Crippen LogP contribution in [0.1, 0.15) is 44.2 Å². The average Bonchev–Trinajstić information content (AvgIpc) is 2.86. The third kappa shape index (κ3) is 5.86. The summed E-state index contributed by atoms with van der Waals surface area (Å²) in [5.74, 6) is 0.608. The Balaban J connectivity index is 1.72. The van der Waals surface area contributed by atoms with Crippen LogP contribution in [0.2, 0.25) is 0 Å². The molecule has 1 amide bonds. The zero-order valence-corrected chi connectivity index (χ0v) is 15.5. The summed E-state index contributed by atoms with van der Waals surface area (Å²) in [6, 6.07) is 0. The lowest BCUT2D eigenvalue weighted by atomic mass is 10.1. The van der Waals surface area contributed by atoms with Crippen molar-refractivity contribution in [1.82, 2.24) is 9.88 Å². The standard InChI is InChI=1S/C17H29N3O2S/c1-5-15-13(4)23-17(18-15)19-16(21)10-20-8-6-14(7-9-20)22-11-12(2)3/h12,14H,5-11H2,1-4H3,(H,18,19,21). The van der Waals surface area contributed by atoms with Crippen molar-refractivity contribution < 1.29 is 9.53 Å². The van der Waals surface area contributed by atoms with Gasteiger partial charge in [-0.05, 0) is 32.1 Å². The Morgan fingerprint density at radius 3 is 2.70 bits per heavy atom. The number of hydrogen-bond donors (Lipinski definition) is 1. The number of aryl methyl sites for hydroxylation is 2. The molecule has 1 aromatic rings. The molecule has 1 fully saturated rings. The van der Waals surface area contributed by atoms with E-state index in [0.717, 1.165) is 49.8 Å². The highest BCUT2D eigenvalue weighted by atomic mass is 32.1. The number of piperidine rings is 1. The minimum absolute atomic E-state index is 0.0305. The number of aromatic nitrogens is 1. The van der Waals surface area contributed by atoms with Crippen LogP contribution in [-0.2, 0) is 16.0 Å². The van der Waals surface area contributed by atoms with Crippen molar-refractivity contribution in [3.8, 4) is 0 Å². The topological polar surface area (TPSA) is 54.5 Å². The van der Waals surface area contributed by atoms with E-state index in [2.05, 4.69) is 36.0 Å². The number of rotatable bonds is 7. The molecule has 0 spiro atoms. The van der Waals surface area contributed by atoms with E-state index in [4.69, 9.17) is 4.74 Å². The van der Waals surface area contributed by atoms with E-state index in [1.165, 1.54) is 4.88 Å². The quantitative estimate of drug-likeness (QED) is 0.829. The molecule has 0 radical (unpaired) electrons. The summed E-state index contributed by atoms with van der Waals surface area (Å²) in [5, 5.41) is 3.65. The van der Waals surface area contributed by atoms with Crippen LogP contribution < -0.4 is 5.32 Å². The number of anilines is 1. The van der Waals surface area contributed by atoms with Gasteiger partial charge in [0.1, 0.15) is 0 Å². The number of amides is 1. The summed E-state index contributed by atoms with van der Waals surface area (Å²) in [6.07, 6.45) is 3.28. The van der Waals surface area contributed by atoms with Crippen molar-refractivity contribution in [2.75, 3.05) is 31.6 Å². The molecule has 6 heteroatoms. The lowest BCUT2D eigenvalue weighted by molar-refractivity contribution is -0.118. The van der Waals surface area contributed by atoms with E-state index >= 15 is 0 Å². The number of carbonyl (C=O) groups is 1. The fourth-order valence-corrected chi connectivity index (χ4v) is 3.65. The highest BCUT2D eigenvalue weighted by Gasteiger charge is 2.22. The fourth-order valence-electron chi connectivity index (χ4n) is 2.73. The van der Waals surface area contributed by atoms with Gasteiger partial charge in [-0.15, -0.1) is 11.3 Å². The first-order valence-corrected chi connectivity index (χ1v) is 9.39. The molecule has 2 heterocycles. The maximum absolute atomic E-state index is 12.2. The molecule has 1 aliphatic rings. The zero-order valence-electron chi connectivity index (χ0n) is 14.7. The molecule has 0 bridgehead atoms. The van der Waals surface area contributed by atoms with Gasteiger partial charge in [0.2, 0.25) is 5.91 Å². The highest BCUT2D eigenvalue weighted by Crippen LogP contribution is 2.22. The van der Waals surface area contributed by atoms with Crippen LogP contribution in [0.15, 0.2) is 0 Å². The van der Waals surface area contributed by atoms with Gasteiger partial charge in [-0.2, -0.15) is 0 Å². The number of ether oxygens (including phenoxy) is 1. The molecule has 0 unspecified atom stereocenters. The number of nitrogens with one attached hydrogen (secondary N) is 1. The minimum atomic E-state index is 0.0305. The van der Waals surface area contributed by atoms with Crippen LogP contribution in [0, 0.1) is 12.8 Å². The molecule has 5 nitrogen and oxygen atoms in total. The molecule has 0 saturated carbocycles. The summed E-state index contributed by atoms with van der Waals surface area (Å²) in [7, 11) is 0. The van der Waals surface area contributed by atoms with Gasteiger partial charge in [0.15, 0.2) is 5.13 Å². The Hall–Kier alpha value is -0.980. The lowest BCUT2D eigenvalue weighted by Gasteiger charge is -2.31. The smallest absolute Gasteiger partial charge is 0.240 e. The van der Waals surface area contributed by atoms with Crippen LogP contribution in [0.4, 0.5) is 5.13 Å². The number of thiazole rings is 1. The summed E-state index contributed by atoms with van der Waals surface area (Å²) >= 11 is 1.56. The van der Waals surface area contributed by atoms with Crippen LogP contribution in [0.5, 0.6) is 0 Å². The van der Waals surface area contributed by atoms with E-state index in [1.807, 2.05) is 6.92 Å². The third-order valence-corrected chi connectivity index (χ3v) is 4.97. The van der Waals surface area contributed by atoms with Crippen LogP contribution in [0.3, 0.4) is 0 Å². The first kappa shape index (κ1) is 18.4. The van der Waals surface area contributed by atoms with Crippen LogP contribution in [-0.4, -0.2) is 48.1 Å². The van der Waals surface area contributed by atoms with Crippen molar-refractivity contribution in [3.05, 3.63) is 10.6 Å². The second-order valence-electron chi connectivity index (χ2n) is 6.63. The van der Waals surface area contributed by atoms with Crippen molar-refractivity contribution in [2.24, 2.45) is 5.92 Å². The van der Waals surface area contributed by atoms with Gasteiger partial charge in [-0.25, -0.2) is 4.98 Å². The summed E-state index contributed by atoms with van der Waals surface area (Å²) in [5.41, 5.74) is 1.08. The van der Waals surface area contributed by atoms with E-state index in [9.17, 15) is 4.79 Å². The Morgan fingerprint density at radius 2 is 2.13 bits per heavy atom. The third-order valence-electron chi connectivity index (χ3n) is 4.04. The number of likely N-dealkylation sites (tertiary alicyclic amines) is 1. The molecule has 0 aromatic carbocycles. The van der Waals surface area contributed by atoms with Crippen molar-refractivity contribution in [3.63, 3.8) is 0 Å². The fraction of sp³-hybridized carbons (Fsp3) is 0.765. The Bertz CT molecular complexity index is 508. The largest absolute Gasteiger partial charge is 0.378 e. The summed E-state index contributed by atoms with van der Waals surface area (Å²) < 4.78 is 5.89. The van der Waals surface area contributed by atoms with Crippen molar-refractivity contribution >= 4 is 22.4 Å². The maximum atomic E-state index is 12.2. The maximum Gasteiger partial charge on any atom is 0.240 e. The van der Waals surface area contributed by atoms with Gasteiger partial charge < -0.3 is 10.1 Å². The van der Waals surface area contributed by atoms with E-state index in [0.29, 0.717) is 18.6 Å². The van der Waals surface area contributed by atoms with Gasteiger partial charge in [0.05, 0.1) is 18.3 Å². The Morgan fingerprint density at radius 1 is 1.43 bits per heavy atom. The normalized spacial score (nSPS) is 16.9. The van der Waals surface area contributed by atoms with E-state index < -0.39 is 0 Å². The molecule has 1 N–H and O–H groups in total. The zero-order chi connectivity index (χ0) is 16.8. The molecule has 23 heavy (non-hydrogen) atoms. The van der Waals surface area contributed by atoms with Gasteiger partial charge in [0.25, 0.3) is 0 Å². The van der Waals surface area contributed by atoms with Gasteiger partial charge in [0, 0.05) is 24.6 Å². The molecule has 2 rings (SSSR count). The predicted octanol–water partition coefficient (Wildman–Crippen LogP) is 3.09. The summed E-state index contributed by atoms with van der Waals surface area (Å²) in [4.78, 5) is 20.0. The average molecular weight is 340 g/mol. The molecule has 0 aliphatic carbocycles. The van der Waals surface area contributed by atoms with Crippen LogP contribution in [0.25, 0.3) is 0 Å². The number of carbonyl (C=O) groups excluding carboxylic acids is 1. The first-order chi connectivity index (χ1) is 11.0. The molecule has 130 valence electrons. The Kier molecular flexibility index (Phi) is 6.99. The summed E-state index contributed by atoms with van der Waals surface area (Å²) in [6.45, 7) is 11.6. The lowest BCUT2D eigenvalue weighted by Crippen LogP contribution is -2.41. The SMILES string of the molecule is CCc1nc(NC(=O)CN2CCC(OCC(C)C)CC2)sc1C. The molecular formula is C17H29N3O2S. The monoisotopic (exact) mass is 339 g/mol. The van der Waals surface area contributed by atoms with Crippen LogP contribution >= 0.6 is 11.3 Å². The molecule has 1 aromatic heterocycles.